The van der Waals surface area contributed by atoms with Crippen molar-refractivity contribution in [2.45, 2.75) is 13.5 Å². The fourth-order valence-corrected chi connectivity index (χ4v) is 4.96. The van der Waals surface area contributed by atoms with Crippen LogP contribution in [0.1, 0.15) is 15.2 Å². The summed E-state index contributed by atoms with van der Waals surface area (Å²) in [6.45, 7) is 1.68. The van der Waals surface area contributed by atoms with Gasteiger partial charge in [0, 0.05) is 5.69 Å². The Bertz CT molecular complexity index is 1680. The number of benzene rings is 3. The number of ether oxygens (including phenoxy) is 3. The molecule has 2 heterocycles. The molecular formula is C30H25N3O6S. The zero-order chi connectivity index (χ0) is 27.9. The van der Waals surface area contributed by atoms with Crippen LogP contribution in [0.3, 0.4) is 0 Å². The van der Waals surface area contributed by atoms with Crippen LogP contribution in [-0.4, -0.2) is 34.6 Å². The van der Waals surface area contributed by atoms with Crippen molar-refractivity contribution in [3.63, 3.8) is 0 Å². The number of anilines is 1. The lowest BCUT2D eigenvalue weighted by molar-refractivity contribution is -0.116. The van der Waals surface area contributed by atoms with Gasteiger partial charge in [0.05, 0.1) is 11.7 Å². The number of rotatable bonds is 10. The third-order valence-corrected chi connectivity index (χ3v) is 7.04. The first-order chi connectivity index (χ1) is 19.5. The number of carbonyl (C=O) groups is 2. The van der Waals surface area contributed by atoms with Crippen LogP contribution in [0.4, 0.5) is 5.69 Å². The highest BCUT2D eigenvalue weighted by Crippen LogP contribution is 2.27. The summed E-state index contributed by atoms with van der Waals surface area (Å²) in [7, 11) is 0. The monoisotopic (exact) mass is 555 g/mol. The van der Waals surface area contributed by atoms with Gasteiger partial charge in [-0.3, -0.25) is 14.2 Å². The molecule has 5 rings (SSSR count). The summed E-state index contributed by atoms with van der Waals surface area (Å²) in [6, 6.07) is 25.5. The Labute approximate surface area is 233 Å². The van der Waals surface area contributed by atoms with Gasteiger partial charge in [-0.25, -0.2) is 9.78 Å². The number of para-hydroxylation sites is 2. The number of amides is 1. The second-order valence-corrected chi connectivity index (χ2v) is 9.70. The van der Waals surface area contributed by atoms with Gasteiger partial charge in [0.25, 0.3) is 5.56 Å². The predicted molar refractivity (Wildman–Crippen MR) is 152 cm³/mol. The van der Waals surface area contributed by atoms with Gasteiger partial charge in [0.15, 0.2) is 0 Å². The molecule has 1 amide bonds. The van der Waals surface area contributed by atoms with Crippen molar-refractivity contribution in [1.29, 1.82) is 0 Å². The molecular weight excluding hydrogens is 530 g/mol. The number of fused-ring (bicyclic) bond motifs is 1. The second kappa shape index (κ2) is 12.3. The minimum Gasteiger partial charge on any atom is -0.490 e. The summed E-state index contributed by atoms with van der Waals surface area (Å²) < 4.78 is 17.9. The van der Waals surface area contributed by atoms with Gasteiger partial charge in [-0.15, -0.1) is 11.3 Å². The zero-order valence-corrected chi connectivity index (χ0v) is 22.4. The average molecular weight is 556 g/mol. The van der Waals surface area contributed by atoms with Crippen molar-refractivity contribution in [2.75, 3.05) is 18.5 Å². The molecule has 40 heavy (non-hydrogen) atoms. The number of esters is 1. The van der Waals surface area contributed by atoms with Crippen LogP contribution in [0.25, 0.3) is 10.2 Å². The van der Waals surface area contributed by atoms with Gasteiger partial charge >= 0.3 is 5.97 Å². The molecule has 2 aromatic heterocycles. The quantitative estimate of drug-likeness (QED) is 0.181. The summed E-state index contributed by atoms with van der Waals surface area (Å²) >= 11 is 1.08. The smallest absolute Gasteiger partial charge is 0.348 e. The molecule has 0 unspecified atom stereocenters. The van der Waals surface area contributed by atoms with Crippen LogP contribution in [0, 0.1) is 6.92 Å². The minimum atomic E-state index is -0.555. The Kier molecular flexibility index (Phi) is 8.17. The first kappa shape index (κ1) is 26.6. The van der Waals surface area contributed by atoms with Gasteiger partial charge < -0.3 is 19.5 Å². The molecule has 9 nitrogen and oxygen atoms in total. The molecule has 0 saturated heterocycles. The maximum absolute atomic E-state index is 13.2. The van der Waals surface area contributed by atoms with Crippen LogP contribution >= 0.6 is 11.3 Å². The maximum Gasteiger partial charge on any atom is 0.348 e. The first-order valence-corrected chi connectivity index (χ1v) is 13.3. The van der Waals surface area contributed by atoms with Crippen molar-refractivity contribution in [3.8, 4) is 17.2 Å². The Morgan fingerprint density at radius 1 is 0.875 bits per heavy atom. The SMILES string of the molecule is Cc1c(C(=O)OCCOc2ccccc2)sc2ncn(CC(=O)Nc3ccc(Oc4ccccc4)cc3)c(=O)c12. The summed E-state index contributed by atoms with van der Waals surface area (Å²) in [5.74, 6) is 1.06. The molecule has 0 radical (unpaired) electrons. The van der Waals surface area contributed by atoms with E-state index in [1.54, 1.807) is 31.2 Å². The van der Waals surface area contributed by atoms with E-state index in [2.05, 4.69) is 10.3 Å². The molecule has 0 aliphatic heterocycles. The predicted octanol–water partition coefficient (Wildman–Crippen LogP) is 5.43. The van der Waals surface area contributed by atoms with Crippen molar-refractivity contribution in [1.82, 2.24) is 9.55 Å². The molecule has 0 spiro atoms. The molecule has 0 aliphatic rings. The van der Waals surface area contributed by atoms with Gasteiger partial charge in [0.1, 0.15) is 46.7 Å². The van der Waals surface area contributed by atoms with Crippen LogP contribution < -0.4 is 20.3 Å². The summed E-state index contributed by atoms with van der Waals surface area (Å²) in [4.78, 5) is 43.5. The summed E-state index contributed by atoms with van der Waals surface area (Å²) in [6.07, 6.45) is 1.31. The highest BCUT2D eigenvalue weighted by molar-refractivity contribution is 7.20. The number of nitrogens with zero attached hydrogens (tertiary/aromatic N) is 2. The van der Waals surface area contributed by atoms with Crippen LogP contribution in [0.5, 0.6) is 17.2 Å². The average Bonchev–Trinajstić information content (AvgIpc) is 3.31. The first-order valence-electron chi connectivity index (χ1n) is 12.4. The van der Waals surface area contributed by atoms with Gasteiger partial charge in [-0.2, -0.15) is 0 Å². The lowest BCUT2D eigenvalue weighted by Gasteiger charge is -2.09. The molecule has 0 bridgehead atoms. The standard InChI is InChI=1S/C30H25N3O6S/c1-20-26-28(40-27(20)30(36)38-17-16-37-22-8-4-2-5-9-22)31-19-33(29(26)35)18-25(34)32-21-12-14-24(15-13-21)39-23-10-6-3-7-11-23/h2-15,19H,16-18H2,1H3,(H,32,34). The lowest BCUT2D eigenvalue weighted by Crippen LogP contribution is -2.27. The van der Waals surface area contributed by atoms with Crippen LogP contribution in [0.15, 0.2) is 96.1 Å². The zero-order valence-electron chi connectivity index (χ0n) is 21.5. The molecule has 5 aromatic rings. The van der Waals surface area contributed by atoms with Gasteiger partial charge in [-0.1, -0.05) is 36.4 Å². The van der Waals surface area contributed by atoms with Crippen LogP contribution in [-0.2, 0) is 16.1 Å². The normalized spacial score (nSPS) is 10.7. The number of hydrogen-bond acceptors (Lipinski definition) is 8. The van der Waals surface area contributed by atoms with Gasteiger partial charge in [0.2, 0.25) is 5.91 Å². The van der Waals surface area contributed by atoms with Crippen LogP contribution in [0.2, 0.25) is 0 Å². The Morgan fingerprint density at radius 3 is 2.23 bits per heavy atom. The second-order valence-electron chi connectivity index (χ2n) is 8.70. The molecule has 10 heteroatoms. The Balaban J connectivity index is 1.20. The molecule has 0 atom stereocenters. The molecule has 1 N–H and O–H groups in total. The highest BCUT2D eigenvalue weighted by atomic mass is 32.1. The topological polar surface area (TPSA) is 109 Å². The van der Waals surface area contributed by atoms with E-state index < -0.39 is 17.4 Å². The summed E-state index contributed by atoms with van der Waals surface area (Å²) in [5.41, 5.74) is 0.614. The van der Waals surface area contributed by atoms with Crippen molar-refractivity contribution >= 4 is 39.1 Å². The number of hydrogen-bond donors (Lipinski definition) is 1. The third-order valence-electron chi connectivity index (χ3n) is 5.86. The van der Waals surface area contributed by atoms with E-state index in [4.69, 9.17) is 14.2 Å². The van der Waals surface area contributed by atoms with Crippen molar-refractivity contribution in [2.24, 2.45) is 0 Å². The fraction of sp³-hybridized carbons (Fsp3) is 0.133. The maximum atomic E-state index is 13.2. The molecule has 3 aromatic carbocycles. The lowest BCUT2D eigenvalue weighted by atomic mass is 10.2. The number of carbonyl (C=O) groups excluding carboxylic acids is 2. The Morgan fingerprint density at radius 2 is 1.52 bits per heavy atom. The number of thiophene rings is 1. The van der Waals surface area contributed by atoms with E-state index in [0.717, 1.165) is 11.3 Å². The number of aromatic nitrogens is 2. The number of aryl methyl sites for hydroxylation is 1. The van der Waals surface area contributed by atoms with E-state index in [-0.39, 0.29) is 25.1 Å². The third kappa shape index (κ3) is 6.36. The van der Waals surface area contributed by atoms with E-state index in [1.807, 2.05) is 60.7 Å². The van der Waals surface area contributed by atoms with Gasteiger partial charge in [-0.05, 0) is 61.0 Å². The summed E-state index contributed by atoms with van der Waals surface area (Å²) in [5, 5.41) is 3.06. The largest absolute Gasteiger partial charge is 0.490 e. The minimum absolute atomic E-state index is 0.0542. The molecule has 0 saturated carbocycles. The molecule has 202 valence electrons. The Hall–Kier alpha value is -4.96. The fourth-order valence-electron chi connectivity index (χ4n) is 3.93. The van der Waals surface area contributed by atoms with Crippen molar-refractivity contribution < 1.29 is 23.8 Å². The van der Waals surface area contributed by atoms with E-state index in [0.29, 0.717) is 38.2 Å². The molecule has 0 fully saturated rings. The molecule has 0 aliphatic carbocycles. The van der Waals surface area contributed by atoms with E-state index in [1.165, 1.54) is 10.9 Å². The number of nitrogens with one attached hydrogen (secondary N) is 1. The van der Waals surface area contributed by atoms with E-state index >= 15 is 0 Å². The van der Waals surface area contributed by atoms with E-state index in [9.17, 15) is 14.4 Å². The highest BCUT2D eigenvalue weighted by Gasteiger charge is 2.21. The van der Waals surface area contributed by atoms with Crippen molar-refractivity contribution in [3.05, 3.63) is 112 Å².